The van der Waals surface area contributed by atoms with Crippen LogP contribution in [0.3, 0.4) is 0 Å². The molecule has 0 fully saturated rings. The average Bonchev–Trinajstić information content (AvgIpc) is 3.85. The molecule has 0 radical (unpaired) electrons. The fourth-order valence-corrected chi connectivity index (χ4v) is 8.35. The van der Waals surface area contributed by atoms with Crippen molar-refractivity contribution >= 4 is 76.5 Å². The number of nitrogens with zero attached hydrogens (tertiary/aromatic N) is 4. The smallest absolute Gasteiger partial charge is 0.159 e. The van der Waals surface area contributed by atoms with Crippen molar-refractivity contribution in [1.29, 1.82) is 0 Å². The van der Waals surface area contributed by atoms with Crippen molar-refractivity contribution in [2.24, 2.45) is 0 Å². The third-order valence-corrected chi connectivity index (χ3v) is 11.0. The minimum atomic E-state index is 0.619. The van der Waals surface area contributed by atoms with E-state index in [1.54, 1.807) is 0 Å². The Hall–Kier alpha value is -7.70. The Kier molecular flexibility index (Phi) is 6.53. The molecule has 260 valence electrons. The molecular weight excluding hydrogens is 689 g/mol. The van der Waals surface area contributed by atoms with Crippen molar-refractivity contribution in [3.63, 3.8) is 0 Å². The van der Waals surface area contributed by atoms with Crippen molar-refractivity contribution < 1.29 is 8.83 Å². The van der Waals surface area contributed by atoms with Crippen LogP contribution in [0.4, 0.5) is 0 Å². The van der Waals surface area contributed by atoms with Gasteiger partial charge in [-0.2, -0.15) is 0 Å². The van der Waals surface area contributed by atoms with Gasteiger partial charge in [-0.25, -0.2) is 19.9 Å². The first-order chi connectivity index (χ1) is 27.7. The third-order valence-electron chi connectivity index (χ3n) is 11.0. The van der Waals surface area contributed by atoms with Gasteiger partial charge in [0.25, 0.3) is 0 Å². The van der Waals surface area contributed by atoms with Crippen LogP contribution in [-0.2, 0) is 0 Å². The Morgan fingerprint density at radius 2 is 0.714 bits per heavy atom. The van der Waals surface area contributed by atoms with Crippen LogP contribution in [0, 0.1) is 0 Å². The quantitative estimate of drug-likeness (QED) is 0.169. The highest BCUT2D eigenvalue weighted by Crippen LogP contribution is 2.40. The minimum Gasteiger partial charge on any atom is -0.455 e. The minimum absolute atomic E-state index is 0.619. The largest absolute Gasteiger partial charge is 0.455 e. The monoisotopic (exact) mass is 716 g/mol. The molecule has 0 atom stereocenters. The van der Waals surface area contributed by atoms with Crippen molar-refractivity contribution in [3.8, 4) is 45.0 Å². The Labute approximate surface area is 319 Å². The number of aromatic nitrogens is 4. The lowest BCUT2D eigenvalue weighted by molar-refractivity contribution is 0.669. The maximum absolute atomic E-state index is 6.39. The Balaban J connectivity index is 1.01. The summed E-state index contributed by atoms with van der Waals surface area (Å²) >= 11 is 0. The van der Waals surface area contributed by atoms with Crippen molar-refractivity contribution in [3.05, 3.63) is 170 Å². The van der Waals surface area contributed by atoms with Crippen molar-refractivity contribution in [1.82, 2.24) is 19.9 Å². The van der Waals surface area contributed by atoms with Gasteiger partial charge in [-0.3, -0.25) is 0 Å². The van der Waals surface area contributed by atoms with E-state index in [4.69, 9.17) is 28.8 Å². The molecule has 0 unspecified atom stereocenters. The first-order valence-corrected chi connectivity index (χ1v) is 18.6. The summed E-state index contributed by atoms with van der Waals surface area (Å²) in [7, 11) is 0. The number of hydrogen-bond donors (Lipinski definition) is 0. The SMILES string of the molecule is c1cc(-c2ncc3c4ccccc4c4cnc(-c5cccc(-c6cccc7c6oc6ccccc67)c5)nc4c3n2)cc(-c2cccc3c2oc2ccccc23)c1. The van der Waals surface area contributed by atoms with Crippen LogP contribution in [0.1, 0.15) is 0 Å². The summed E-state index contributed by atoms with van der Waals surface area (Å²) in [6.07, 6.45) is 3.87. The first kappa shape index (κ1) is 30.7. The standard InChI is InChI=1S/C50H28N4O2/c1-2-16-36-35(15-1)41-27-51-49(31-13-7-11-29(25-31)33-19-9-21-39-37-17-3-5-23-43(37)55-47(33)39)53-45(41)46-42(36)28-52-50(54-46)32-14-8-12-30(26-32)34-20-10-22-40-38-18-4-6-24-44(38)56-48(34)40/h1-28H. The number of furan rings is 2. The second-order valence-corrected chi connectivity index (χ2v) is 14.2. The van der Waals surface area contributed by atoms with Crippen molar-refractivity contribution in [2.45, 2.75) is 0 Å². The number of hydrogen-bond acceptors (Lipinski definition) is 6. The summed E-state index contributed by atoms with van der Waals surface area (Å²) in [6.45, 7) is 0. The molecule has 0 aliphatic heterocycles. The van der Waals surface area contributed by atoms with E-state index in [0.29, 0.717) is 11.6 Å². The van der Waals surface area contributed by atoms with E-state index in [9.17, 15) is 0 Å². The van der Waals surface area contributed by atoms with Crippen LogP contribution in [0.15, 0.2) is 179 Å². The van der Waals surface area contributed by atoms with Crippen LogP contribution in [-0.4, -0.2) is 19.9 Å². The van der Waals surface area contributed by atoms with E-state index in [1.165, 1.54) is 0 Å². The molecule has 8 aromatic carbocycles. The van der Waals surface area contributed by atoms with E-state index >= 15 is 0 Å². The number of rotatable bonds is 4. The highest BCUT2D eigenvalue weighted by Gasteiger charge is 2.18. The van der Waals surface area contributed by atoms with Gasteiger partial charge < -0.3 is 8.83 Å². The van der Waals surface area contributed by atoms with Crippen LogP contribution in [0.5, 0.6) is 0 Å². The van der Waals surface area contributed by atoms with E-state index in [2.05, 4.69) is 109 Å². The molecule has 0 amide bonds. The molecule has 0 aliphatic carbocycles. The average molecular weight is 717 g/mol. The van der Waals surface area contributed by atoms with E-state index in [1.807, 2.05) is 60.9 Å². The maximum atomic E-state index is 6.39. The van der Waals surface area contributed by atoms with Crippen LogP contribution in [0.25, 0.3) is 121 Å². The van der Waals surface area contributed by atoms with Crippen LogP contribution >= 0.6 is 0 Å². The number of fused-ring (bicyclic) bond motifs is 12. The normalized spacial score (nSPS) is 11.9. The van der Waals surface area contributed by atoms with Gasteiger partial charge in [0.1, 0.15) is 33.4 Å². The van der Waals surface area contributed by atoms with Gasteiger partial charge in [-0.05, 0) is 46.2 Å². The predicted octanol–water partition coefficient (Wildman–Crippen LogP) is 13.2. The molecule has 0 spiro atoms. The summed E-state index contributed by atoms with van der Waals surface area (Å²) in [4.78, 5) is 20.4. The highest BCUT2D eigenvalue weighted by atomic mass is 16.3. The van der Waals surface area contributed by atoms with Gasteiger partial charge in [-0.1, -0.05) is 133 Å². The van der Waals surface area contributed by atoms with Gasteiger partial charge in [-0.15, -0.1) is 0 Å². The molecule has 0 saturated carbocycles. The zero-order valence-electron chi connectivity index (χ0n) is 29.8. The van der Waals surface area contributed by atoms with Crippen LogP contribution in [0.2, 0.25) is 0 Å². The Morgan fingerprint density at radius 1 is 0.321 bits per heavy atom. The zero-order valence-corrected chi connectivity index (χ0v) is 29.8. The molecule has 6 heteroatoms. The molecule has 0 saturated heterocycles. The van der Waals surface area contributed by atoms with Gasteiger partial charge in [0, 0.05) is 67.0 Å². The second-order valence-electron chi connectivity index (χ2n) is 14.2. The molecule has 12 rings (SSSR count). The predicted molar refractivity (Wildman–Crippen MR) is 226 cm³/mol. The number of benzene rings is 8. The van der Waals surface area contributed by atoms with E-state index in [-0.39, 0.29) is 0 Å². The van der Waals surface area contributed by atoms with E-state index < -0.39 is 0 Å². The zero-order chi connectivity index (χ0) is 36.7. The lowest BCUT2D eigenvalue weighted by atomic mass is 9.99. The molecule has 12 aromatic rings. The highest BCUT2D eigenvalue weighted by molar-refractivity contribution is 6.23. The summed E-state index contributed by atoms with van der Waals surface area (Å²) in [5.74, 6) is 1.24. The lowest BCUT2D eigenvalue weighted by Crippen LogP contribution is -1.97. The van der Waals surface area contributed by atoms with Gasteiger partial charge in [0.2, 0.25) is 0 Å². The lowest BCUT2D eigenvalue weighted by Gasteiger charge is -2.12. The topological polar surface area (TPSA) is 77.8 Å². The summed E-state index contributed by atoms with van der Waals surface area (Å²) in [5, 5.41) is 8.40. The summed E-state index contributed by atoms with van der Waals surface area (Å²) in [5.41, 5.74) is 10.9. The van der Waals surface area contributed by atoms with Crippen molar-refractivity contribution in [2.75, 3.05) is 0 Å². The first-order valence-electron chi connectivity index (χ1n) is 18.6. The Bertz CT molecular complexity index is 3330. The molecule has 4 aromatic heterocycles. The summed E-state index contributed by atoms with van der Waals surface area (Å²) < 4.78 is 12.8. The van der Waals surface area contributed by atoms with Crippen LogP contribution < -0.4 is 0 Å². The fourth-order valence-electron chi connectivity index (χ4n) is 8.35. The number of para-hydroxylation sites is 4. The van der Waals surface area contributed by atoms with E-state index in [0.717, 1.165) is 110 Å². The molecule has 0 aliphatic rings. The van der Waals surface area contributed by atoms with Gasteiger partial charge >= 0.3 is 0 Å². The fraction of sp³-hybridized carbons (Fsp3) is 0. The molecule has 0 N–H and O–H groups in total. The molecule has 6 nitrogen and oxygen atoms in total. The molecular formula is C50H28N4O2. The molecule has 0 bridgehead atoms. The molecule has 56 heavy (non-hydrogen) atoms. The molecule has 4 heterocycles. The second kappa shape index (κ2) is 11.9. The van der Waals surface area contributed by atoms with Gasteiger partial charge in [0.05, 0.1) is 0 Å². The third kappa shape index (κ3) is 4.63. The Morgan fingerprint density at radius 3 is 1.20 bits per heavy atom. The summed E-state index contributed by atoms with van der Waals surface area (Å²) in [6, 6.07) is 54.0. The van der Waals surface area contributed by atoms with Gasteiger partial charge in [0.15, 0.2) is 11.6 Å². The maximum Gasteiger partial charge on any atom is 0.159 e.